The van der Waals surface area contributed by atoms with Gasteiger partial charge in [-0.1, -0.05) is 34.1 Å². The van der Waals surface area contributed by atoms with Crippen LogP contribution in [0.3, 0.4) is 0 Å². The summed E-state index contributed by atoms with van der Waals surface area (Å²) >= 11 is -0.301. The molecule has 1 amide bonds. The molecule has 0 saturated carbocycles. The van der Waals surface area contributed by atoms with Crippen LogP contribution in [0.15, 0.2) is 71.1 Å². The van der Waals surface area contributed by atoms with E-state index < -0.39 is 0 Å². The standard InChI is InChI=1S/C28H24IN7O/c1-2-3-4-26(37)33-20-9-18(12-29-13-20)19-10-22-27(35-36-28(22)32-14-19)24-11-21-23(15-31-16-25(21)34-24)17-5-7-30-8-6-17/h5-16,34H,2-4H2,1H3,(H,33,37)(H,32,35,36). The summed E-state index contributed by atoms with van der Waals surface area (Å²) < 4.78 is 4.39. The molecule has 0 radical (unpaired) electrons. The molecule has 5 aromatic heterocycles. The lowest BCUT2D eigenvalue weighted by Gasteiger charge is -2.11. The van der Waals surface area contributed by atoms with Gasteiger partial charge in [0.2, 0.25) is 5.91 Å². The molecule has 184 valence electrons. The monoisotopic (exact) mass is 601 g/mol. The SMILES string of the molecule is CCCCC(=O)NC1=CC(c2cnc3n[nH]c(-c4cc5c(-c6ccncc6)cncc5[nH]4)c3c2)=CI=C1. The summed E-state index contributed by atoms with van der Waals surface area (Å²) in [5.41, 5.74) is 8.43. The number of fused-ring (bicyclic) bond motifs is 2. The van der Waals surface area contributed by atoms with Crippen molar-refractivity contribution in [1.82, 2.24) is 35.5 Å². The molecule has 0 bridgehead atoms. The largest absolute Gasteiger partial charge is 0.352 e. The lowest BCUT2D eigenvalue weighted by Crippen LogP contribution is -2.23. The van der Waals surface area contributed by atoms with Crippen LogP contribution in [-0.2, 0) is 4.79 Å². The van der Waals surface area contributed by atoms with Crippen molar-refractivity contribution < 1.29 is 4.79 Å². The molecule has 0 aliphatic carbocycles. The number of nitrogens with zero attached hydrogens (tertiary/aromatic N) is 4. The van der Waals surface area contributed by atoms with E-state index in [0.717, 1.165) is 68.5 Å². The van der Waals surface area contributed by atoms with E-state index in [1.807, 2.05) is 36.8 Å². The van der Waals surface area contributed by atoms with Crippen LogP contribution in [0.1, 0.15) is 31.7 Å². The van der Waals surface area contributed by atoms with Crippen molar-refractivity contribution >= 4 is 58.2 Å². The highest BCUT2D eigenvalue weighted by Crippen LogP contribution is 2.34. The number of hydrogen-bond acceptors (Lipinski definition) is 5. The van der Waals surface area contributed by atoms with Gasteiger partial charge in [0.05, 0.1) is 23.1 Å². The number of unbranched alkanes of at least 4 members (excludes halogenated alkanes) is 1. The maximum atomic E-state index is 12.2. The van der Waals surface area contributed by atoms with Crippen LogP contribution < -0.4 is 5.32 Å². The van der Waals surface area contributed by atoms with Gasteiger partial charge in [0.15, 0.2) is 5.65 Å². The van der Waals surface area contributed by atoms with Crippen LogP contribution in [0.4, 0.5) is 0 Å². The second-order valence-electron chi connectivity index (χ2n) is 8.81. The van der Waals surface area contributed by atoms with Gasteiger partial charge in [-0.2, -0.15) is 5.10 Å². The Balaban J connectivity index is 1.35. The Morgan fingerprint density at radius 1 is 1.05 bits per heavy atom. The minimum atomic E-state index is -0.301. The number of allylic oxidation sites excluding steroid dienone is 3. The average molecular weight is 601 g/mol. The smallest absolute Gasteiger partial charge is 0.224 e. The van der Waals surface area contributed by atoms with E-state index in [4.69, 9.17) is 0 Å². The van der Waals surface area contributed by atoms with Gasteiger partial charge in [0, 0.05) is 58.8 Å². The van der Waals surface area contributed by atoms with E-state index >= 15 is 0 Å². The first-order valence-electron chi connectivity index (χ1n) is 12.1. The number of carbonyl (C=O) groups is 1. The molecule has 6 rings (SSSR count). The van der Waals surface area contributed by atoms with Crippen molar-refractivity contribution in [1.29, 1.82) is 0 Å². The van der Waals surface area contributed by atoms with E-state index in [1.165, 1.54) is 0 Å². The number of nitrogens with one attached hydrogen (secondary N) is 3. The van der Waals surface area contributed by atoms with Crippen LogP contribution in [0.25, 0.3) is 50.0 Å². The molecule has 8 nitrogen and oxygen atoms in total. The fraction of sp³-hybridized carbons (Fsp3) is 0.143. The molecule has 1 aliphatic heterocycles. The van der Waals surface area contributed by atoms with E-state index in [2.05, 4.69) is 62.6 Å². The second-order valence-corrected chi connectivity index (χ2v) is 10.8. The van der Waals surface area contributed by atoms with E-state index in [0.29, 0.717) is 12.1 Å². The highest BCUT2D eigenvalue weighted by Gasteiger charge is 2.16. The molecule has 3 N–H and O–H groups in total. The second kappa shape index (κ2) is 10.2. The number of aromatic nitrogens is 6. The molecule has 1 aliphatic rings. The molecular formula is C28H24IN7O. The molecule has 6 heterocycles. The van der Waals surface area contributed by atoms with E-state index in [-0.39, 0.29) is 26.6 Å². The van der Waals surface area contributed by atoms with Crippen molar-refractivity contribution in [2.45, 2.75) is 26.2 Å². The van der Waals surface area contributed by atoms with Gasteiger partial charge in [0.1, 0.15) is 0 Å². The third-order valence-electron chi connectivity index (χ3n) is 6.26. The van der Waals surface area contributed by atoms with Gasteiger partial charge < -0.3 is 10.3 Å². The number of aromatic amines is 2. The quantitative estimate of drug-likeness (QED) is 0.202. The number of carbonyl (C=O) groups excluding carboxylic acids is 1. The maximum Gasteiger partial charge on any atom is 0.224 e. The Kier molecular flexibility index (Phi) is 6.44. The fourth-order valence-electron chi connectivity index (χ4n) is 4.38. The molecular weight excluding hydrogens is 577 g/mol. The summed E-state index contributed by atoms with van der Waals surface area (Å²) in [4.78, 5) is 28.9. The number of hydrogen-bond donors (Lipinski definition) is 3. The minimum absolute atomic E-state index is 0.0692. The zero-order valence-corrected chi connectivity index (χ0v) is 22.3. The molecule has 0 saturated heterocycles. The van der Waals surface area contributed by atoms with Gasteiger partial charge in [-0.25, -0.2) is 4.98 Å². The van der Waals surface area contributed by atoms with Crippen molar-refractivity contribution in [2.24, 2.45) is 0 Å². The molecule has 0 aromatic carbocycles. The lowest BCUT2D eigenvalue weighted by atomic mass is 10.0. The third kappa shape index (κ3) is 4.74. The molecule has 0 spiro atoms. The predicted octanol–water partition coefficient (Wildman–Crippen LogP) is 5.88. The topological polar surface area (TPSA) is 112 Å². The zero-order chi connectivity index (χ0) is 25.2. The first-order chi connectivity index (χ1) is 18.2. The summed E-state index contributed by atoms with van der Waals surface area (Å²) in [5.74, 6) is 0.0692. The highest BCUT2D eigenvalue weighted by atomic mass is 127. The Labute approximate surface area is 223 Å². The van der Waals surface area contributed by atoms with Gasteiger partial charge >= 0.3 is 0 Å². The normalized spacial score (nSPS) is 13.3. The molecule has 37 heavy (non-hydrogen) atoms. The van der Waals surface area contributed by atoms with Crippen molar-refractivity contribution in [2.75, 3.05) is 0 Å². The average Bonchev–Trinajstić information content (AvgIpc) is 3.56. The summed E-state index contributed by atoms with van der Waals surface area (Å²) in [6.07, 6.45) is 13.6. The molecule has 0 atom stereocenters. The number of rotatable bonds is 7. The van der Waals surface area contributed by atoms with Crippen molar-refractivity contribution in [3.8, 4) is 22.5 Å². The number of H-pyrrole nitrogens is 2. The summed E-state index contributed by atoms with van der Waals surface area (Å²) in [7, 11) is 0. The summed E-state index contributed by atoms with van der Waals surface area (Å²) in [5, 5.41) is 12.7. The molecule has 5 aromatic rings. The fourth-order valence-corrected chi connectivity index (χ4v) is 6.21. The van der Waals surface area contributed by atoms with Gasteiger partial charge in [-0.05, 0) is 56.0 Å². The van der Waals surface area contributed by atoms with Gasteiger partial charge in [-0.15, -0.1) is 0 Å². The van der Waals surface area contributed by atoms with Crippen LogP contribution in [0, 0.1) is 0 Å². The third-order valence-corrected chi connectivity index (χ3v) is 8.32. The van der Waals surface area contributed by atoms with Crippen LogP contribution in [0.2, 0.25) is 0 Å². The Morgan fingerprint density at radius 2 is 1.95 bits per heavy atom. The highest BCUT2D eigenvalue weighted by molar-refractivity contribution is 14.2. The predicted molar refractivity (Wildman–Crippen MR) is 156 cm³/mol. The number of amides is 1. The summed E-state index contributed by atoms with van der Waals surface area (Å²) in [6.45, 7) is 2.09. The van der Waals surface area contributed by atoms with Crippen molar-refractivity contribution in [3.05, 3.63) is 76.7 Å². The Hall–Kier alpha value is -3.99. The zero-order valence-electron chi connectivity index (χ0n) is 20.1. The molecule has 0 fully saturated rings. The van der Waals surface area contributed by atoms with Crippen molar-refractivity contribution in [3.63, 3.8) is 0 Å². The molecule has 9 heteroatoms. The van der Waals surface area contributed by atoms with Crippen LogP contribution in [0.5, 0.6) is 0 Å². The first-order valence-corrected chi connectivity index (χ1v) is 14.6. The number of pyridine rings is 3. The van der Waals surface area contributed by atoms with E-state index in [1.54, 1.807) is 12.4 Å². The van der Waals surface area contributed by atoms with Gasteiger partial charge in [-0.3, -0.25) is 19.9 Å². The number of halogens is 1. The minimum Gasteiger partial charge on any atom is -0.352 e. The van der Waals surface area contributed by atoms with E-state index in [9.17, 15) is 4.79 Å². The van der Waals surface area contributed by atoms with Crippen LogP contribution >= 0.6 is 20.7 Å². The van der Waals surface area contributed by atoms with Gasteiger partial charge in [0.25, 0.3) is 0 Å². The lowest BCUT2D eigenvalue weighted by molar-refractivity contribution is -0.120. The summed E-state index contributed by atoms with van der Waals surface area (Å²) in [6, 6.07) is 8.20. The first kappa shape index (κ1) is 23.4. The van der Waals surface area contributed by atoms with Crippen LogP contribution in [-0.4, -0.2) is 40.1 Å². The Bertz CT molecular complexity index is 1710. The molecule has 0 unspecified atom stereocenters. The Morgan fingerprint density at radius 3 is 2.81 bits per heavy atom. The maximum absolute atomic E-state index is 12.2.